The van der Waals surface area contributed by atoms with Crippen molar-refractivity contribution in [2.45, 2.75) is 22.8 Å². The van der Waals surface area contributed by atoms with Crippen LogP contribution in [0.15, 0.2) is 44.6 Å². The Morgan fingerprint density at radius 1 is 1.26 bits per heavy atom. The van der Waals surface area contributed by atoms with E-state index in [1.165, 1.54) is 11.8 Å². The van der Waals surface area contributed by atoms with Gasteiger partial charge in [0.15, 0.2) is 27.3 Å². The Morgan fingerprint density at radius 2 is 2.19 bits per heavy atom. The molecule has 0 aliphatic rings. The highest BCUT2D eigenvalue weighted by molar-refractivity contribution is 8.01. The monoisotopic (exact) mass is 396 g/mol. The third-order valence-electron chi connectivity index (χ3n) is 3.99. The lowest BCUT2D eigenvalue weighted by Crippen LogP contribution is -2.00. The molecule has 0 atom stereocenters. The Morgan fingerprint density at radius 3 is 2.96 bits per heavy atom. The Hall–Kier alpha value is -3.05. The lowest BCUT2D eigenvalue weighted by Gasteiger charge is -2.04. The number of aryl methyl sites for hydroxylation is 1. The minimum Gasteiger partial charge on any atom is -0.379 e. The topological polar surface area (TPSA) is 121 Å². The molecule has 134 valence electrons. The van der Waals surface area contributed by atoms with Crippen molar-refractivity contribution in [1.82, 2.24) is 34.8 Å². The van der Waals surface area contributed by atoms with Gasteiger partial charge in [0.25, 0.3) is 0 Å². The number of nitrogens with zero attached hydrogens (tertiary/aromatic N) is 7. The molecule has 5 rings (SSSR count). The molecule has 0 aliphatic heterocycles. The number of thiazole rings is 1. The number of hydrogen-bond acceptors (Lipinski definition) is 10. The van der Waals surface area contributed by atoms with Crippen LogP contribution in [0.1, 0.15) is 6.92 Å². The Bertz CT molecular complexity index is 1240. The highest BCUT2D eigenvalue weighted by atomic mass is 32.2. The number of anilines is 1. The van der Waals surface area contributed by atoms with Crippen molar-refractivity contribution in [2.75, 3.05) is 5.73 Å². The summed E-state index contributed by atoms with van der Waals surface area (Å²) in [6.07, 6.45) is 3.48. The van der Waals surface area contributed by atoms with Crippen LogP contribution in [0.5, 0.6) is 0 Å². The van der Waals surface area contributed by atoms with E-state index >= 15 is 0 Å². The average Bonchev–Trinajstić information content (AvgIpc) is 3.36. The number of nitrogens with two attached hydrogens (primary N) is 1. The summed E-state index contributed by atoms with van der Waals surface area (Å²) >= 11 is 3.09. The largest absolute Gasteiger partial charge is 0.379 e. The zero-order chi connectivity index (χ0) is 18.4. The summed E-state index contributed by atoms with van der Waals surface area (Å²) < 4.78 is 8.67. The molecule has 5 heterocycles. The second kappa shape index (κ2) is 6.28. The molecule has 0 spiro atoms. The Labute approximate surface area is 160 Å². The number of imidazole rings is 1. The SMILES string of the molecule is CCn1c(-c2nonc2N)nc2cnc(Sc3nc4ncccc4s3)cc21. The minimum absolute atomic E-state index is 0.213. The van der Waals surface area contributed by atoms with Crippen molar-refractivity contribution in [2.24, 2.45) is 0 Å². The van der Waals surface area contributed by atoms with Crippen molar-refractivity contribution in [3.63, 3.8) is 0 Å². The summed E-state index contributed by atoms with van der Waals surface area (Å²) in [7, 11) is 0. The smallest absolute Gasteiger partial charge is 0.199 e. The van der Waals surface area contributed by atoms with Crippen LogP contribution in [0.25, 0.3) is 32.9 Å². The molecule has 0 aromatic carbocycles. The van der Waals surface area contributed by atoms with Gasteiger partial charge in [-0.05, 0) is 47.2 Å². The number of fused-ring (bicyclic) bond motifs is 2. The first-order chi connectivity index (χ1) is 13.2. The summed E-state index contributed by atoms with van der Waals surface area (Å²) in [5.41, 5.74) is 8.71. The van der Waals surface area contributed by atoms with Crippen LogP contribution in [-0.2, 0) is 6.54 Å². The van der Waals surface area contributed by atoms with Gasteiger partial charge in [-0.15, -0.1) is 11.3 Å². The van der Waals surface area contributed by atoms with E-state index in [9.17, 15) is 0 Å². The molecule has 0 fully saturated rings. The first kappa shape index (κ1) is 16.1. The highest BCUT2D eigenvalue weighted by Gasteiger charge is 2.19. The van der Waals surface area contributed by atoms with Gasteiger partial charge in [-0.2, -0.15) is 0 Å². The van der Waals surface area contributed by atoms with E-state index in [1.54, 1.807) is 23.7 Å². The zero-order valence-corrected chi connectivity index (χ0v) is 15.7. The number of nitrogen functional groups attached to an aromatic ring is 1. The first-order valence-corrected chi connectivity index (χ1v) is 9.70. The number of rotatable bonds is 4. The maximum atomic E-state index is 5.83. The van der Waals surface area contributed by atoms with Gasteiger partial charge in [-0.3, -0.25) is 0 Å². The van der Waals surface area contributed by atoms with Gasteiger partial charge in [0.05, 0.1) is 16.4 Å². The third-order valence-corrected chi connectivity index (χ3v) is 5.99. The first-order valence-electron chi connectivity index (χ1n) is 8.07. The van der Waals surface area contributed by atoms with Gasteiger partial charge in [0.1, 0.15) is 10.5 Å². The lowest BCUT2D eigenvalue weighted by atomic mass is 10.4. The molecule has 5 aromatic heterocycles. The molecule has 11 heteroatoms. The summed E-state index contributed by atoms with van der Waals surface area (Å²) in [5.74, 6) is 0.823. The van der Waals surface area contributed by atoms with Crippen LogP contribution in [-0.4, -0.2) is 34.8 Å². The molecule has 5 aromatic rings. The number of pyridine rings is 2. The van der Waals surface area contributed by atoms with Gasteiger partial charge in [0.2, 0.25) is 0 Å². The molecular weight excluding hydrogens is 384 g/mol. The lowest BCUT2D eigenvalue weighted by molar-refractivity contribution is 0.310. The van der Waals surface area contributed by atoms with Crippen molar-refractivity contribution in [3.8, 4) is 11.5 Å². The standard InChI is InChI=1S/C16H12N8OS2/c1-2-24-9-6-11(27-16-21-14-10(26-16)4-3-5-18-14)19-7-8(9)20-15(24)12-13(17)23-25-22-12/h3-7H,2H2,1H3,(H2,17,23). The highest BCUT2D eigenvalue weighted by Crippen LogP contribution is 2.34. The van der Waals surface area contributed by atoms with Gasteiger partial charge < -0.3 is 10.3 Å². The van der Waals surface area contributed by atoms with Gasteiger partial charge in [-0.1, -0.05) is 0 Å². The normalized spacial score (nSPS) is 11.6. The van der Waals surface area contributed by atoms with Gasteiger partial charge >= 0.3 is 0 Å². The van der Waals surface area contributed by atoms with Crippen LogP contribution in [0.2, 0.25) is 0 Å². The van der Waals surface area contributed by atoms with E-state index in [0.717, 1.165) is 30.7 Å². The molecule has 0 amide bonds. The van der Waals surface area contributed by atoms with Crippen molar-refractivity contribution in [1.29, 1.82) is 0 Å². The van der Waals surface area contributed by atoms with Crippen LogP contribution in [0, 0.1) is 0 Å². The van der Waals surface area contributed by atoms with Crippen LogP contribution in [0.3, 0.4) is 0 Å². The molecule has 0 saturated heterocycles. The van der Waals surface area contributed by atoms with E-state index in [-0.39, 0.29) is 5.82 Å². The molecule has 2 N–H and O–H groups in total. The molecular formula is C16H12N8OS2. The van der Waals surface area contributed by atoms with Crippen molar-refractivity contribution in [3.05, 3.63) is 30.6 Å². The molecule has 27 heavy (non-hydrogen) atoms. The van der Waals surface area contributed by atoms with E-state index in [2.05, 4.69) is 30.2 Å². The molecule has 0 unspecified atom stereocenters. The summed E-state index contributed by atoms with van der Waals surface area (Å²) in [5, 5.41) is 8.34. The molecule has 0 radical (unpaired) electrons. The zero-order valence-electron chi connectivity index (χ0n) is 14.0. The quantitative estimate of drug-likeness (QED) is 0.488. The summed E-state index contributed by atoms with van der Waals surface area (Å²) in [4.78, 5) is 17.9. The maximum absolute atomic E-state index is 5.83. The molecule has 0 bridgehead atoms. The molecule has 0 aliphatic carbocycles. The van der Waals surface area contributed by atoms with Crippen molar-refractivity contribution < 1.29 is 4.63 Å². The second-order valence-corrected chi connectivity index (χ2v) is 7.89. The predicted molar refractivity (Wildman–Crippen MR) is 102 cm³/mol. The fourth-order valence-corrected chi connectivity index (χ4v) is 4.74. The fraction of sp³-hybridized carbons (Fsp3) is 0.125. The number of hydrogen-bond donors (Lipinski definition) is 1. The van der Waals surface area contributed by atoms with E-state index < -0.39 is 0 Å². The van der Waals surface area contributed by atoms with E-state index in [4.69, 9.17) is 10.4 Å². The third kappa shape index (κ3) is 2.71. The fourth-order valence-electron chi connectivity index (χ4n) is 2.80. The van der Waals surface area contributed by atoms with Crippen LogP contribution in [0.4, 0.5) is 5.82 Å². The summed E-state index contributed by atoms with van der Waals surface area (Å²) in [6.45, 7) is 2.72. The maximum Gasteiger partial charge on any atom is 0.199 e. The molecule has 0 saturated carbocycles. The Kier molecular flexibility index (Phi) is 3.76. The average molecular weight is 396 g/mol. The summed E-state index contributed by atoms with van der Waals surface area (Å²) in [6, 6.07) is 5.91. The van der Waals surface area contributed by atoms with Gasteiger partial charge in [-0.25, -0.2) is 24.6 Å². The number of aromatic nitrogens is 7. The van der Waals surface area contributed by atoms with Crippen LogP contribution < -0.4 is 5.73 Å². The van der Waals surface area contributed by atoms with E-state index in [1.807, 2.05) is 29.7 Å². The predicted octanol–water partition coefficient (Wildman–Crippen LogP) is 3.24. The second-order valence-electron chi connectivity index (χ2n) is 5.60. The Balaban J connectivity index is 1.57. The molecule has 9 nitrogen and oxygen atoms in total. The van der Waals surface area contributed by atoms with E-state index in [0.29, 0.717) is 18.1 Å². The van der Waals surface area contributed by atoms with Crippen LogP contribution >= 0.6 is 23.1 Å². The minimum atomic E-state index is 0.213. The van der Waals surface area contributed by atoms with Gasteiger partial charge in [0, 0.05) is 12.7 Å². The van der Waals surface area contributed by atoms with Crippen molar-refractivity contribution >= 4 is 50.3 Å².